The number of rotatable bonds is 9. The summed E-state index contributed by atoms with van der Waals surface area (Å²) in [7, 11) is 1.58. The van der Waals surface area contributed by atoms with Crippen molar-refractivity contribution in [2.45, 2.75) is 6.61 Å². The Hall–Kier alpha value is -3.84. The highest BCUT2D eigenvalue weighted by atomic mass is 79.9. The molecule has 0 spiro atoms. The van der Waals surface area contributed by atoms with Gasteiger partial charge in [0, 0.05) is 11.3 Å². The number of fused-ring (bicyclic) bond motifs is 1. The van der Waals surface area contributed by atoms with E-state index in [4.69, 9.17) is 14.3 Å². The number of methoxy groups -OCH3 is 1. The molecule has 1 amide bonds. The van der Waals surface area contributed by atoms with Crippen LogP contribution in [0.5, 0.6) is 11.5 Å². The number of anilines is 1. The van der Waals surface area contributed by atoms with Crippen molar-refractivity contribution in [3.05, 3.63) is 101 Å². The largest absolute Gasteiger partial charge is 0.493 e. The maximum Gasteiger partial charge on any atom is 0.265 e. The molecule has 4 aromatic rings. The Bertz CT molecular complexity index is 1300. The van der Waals surface area contributed by atoms with Crippen molar-refractivity contribution in [3.8, 4) is 11.5 Å². The molecule has 0 aromatic heterocycles. The van der Waals surface area contributed by atoms with Gasteiger partial charge in [-0.3, -0.25) is 4.79 Å². The van der Waals surface area contributed by atoms with E-state index in [2.05, 4.69) is 50.7 Å². The van der Waals surface area contributed by atoms with Gasteiger partial charge >= 0.3 is 0 Å². The van der Waals surface area contributed by atoms with Gasteiger partial charge in [-0.25, -0.2) is 0 Å². The van der Waals surface area contributed by atoms with Crippen LogP contribution in [-0.2, 0) is 16.2 Å². The first-order valence-electron chi connectivity index (χ1n) is 10.6. The van der Waals surface area contributed by atoms with E-state index >= 15 is 0 Å². The molecule has 34 heavy (non-hydrogen) atoms. The summed E-state index contributed by atoms with van der Waals surface area (Å²) in [5.41, 5.74) is 2.51. The number of amides is 1. The lowest BCUT2D eigenvalue weighted by atomic mass is 10.1. The van der Waals surface area contributed by atoms with Crippen molar-refractivity contribution < 1.29 is 19.1 Å². The first-order chi connectivity index (χ1) is 16.6. The predicted molar refractivity (Wildman–Crippen MR) is 138 cm³/mol. The van der Waals surface area contributed by atoms with Gasteiger partial charge in [0.15, 0.2) is 18.1 Å². The number of hydrogen-bond donors (Lipinski definition) is 1. The second kappa shape index (κ2) is 11.3. The molecule has 0 atom stereocenters. The molecule has 6 nitrogen and oxygen atoms in total. The molecule has 0 saturated carbocycles. The Balaban J connectivity index is 1.39. The van der Waals surface area contributed by atoms with Gasteiger partial charge in [-0.15, -0.1) is 0 Å². The highest BCUT2D eigenvalue weighted by molar-refractivity contribution is 9.10. The summed E-state index contributed by atoms with van der Waals surface area (Å²) in [6, 6.07) is 27.2. The minimum atomic E-state index is -0.292. The average Bonchev–Trinajstić information content (AvgIpc) is 2.86. The zero-order valence-corrected chi connectivity index (χ0v) is 20.1. The minimum Gasteiger partial charge on any atom is -0.493 e. The predicted octanol–water partition coefficient (Wildman–Crippen LogP) is 6.18. The van der Waals surface area contributed by atoms with Crippen LogP contribution in [-0.4, -0.2) is 25.8 Å². The average molecular weight is 519 g/mol. The quantitative estimate of drug-likeness (QED) is 0.212. The molecule has 0 heterocycles. The van der Waals surface area contributed by atoms with Gasteiger partial charge in [-0.05, 0) is 56.5 Å². The summed E-state index contributed by atoms with van der Waals surface area (Å²) in [6.45, 7) is 0.194. The Kier molecular flexibility index (Phi) is 7.78. The fourth-order valence-corrected chi connectivity index (χ4v) is 4.01. The molecule has 0 radical (unpaired) electrons. The van der Waals surface area contributed by atoms with E-state index < -0.39 is 0 Å². The first kappa shape index (κ1) is 23.3. The van der Waals surface area contributed by atoms with Crippen molar-refractivity contribution in [2.75, 3.05) is 19.0 Å². The number of para-hydroxylation sites is 1. The van der Waals surface area contributed by atoms with E-state index in [1.807, 2.05) is 42.5 Å². The molecule has 0 aliphatic heterocycles. The highest BCUT2D eigenvalue weighted by Crippen LogP contribution is 2.37. The Morgan fingerprint density at radius 3 is 2.59 bits per heavy atom. The zero-order valence-electron chi connectivity index (χ0n) is 18.5. The van der Waals surface area contributed by atoms with Crippen LogP contribution in [0.1, 0.15) is 11.1 Å². The smallest absolute Gasteiger partial charge is 0.265 e. The van der Waals surface area contributed by atoms with Crippen molar-refractivity contribution in [1.29, 1.82) is 0 Å². The molecule has 0 unspecified atom stereocenters. The fourth-order valence-electron chi connectivity index (χ4n) is 3.44. The molecule has 4 aromatic carbocycles. The number of ether oxygens (including phenoxy) is 2. The Labute approximate surface area is 206 Å². The van der Waals surface area contributed by atoms with E-state index in [1.54, 1.807) is 25.3 Å². The Morgan fingerprint density at radius 1 is 1.00 bits per heavy atom. The number of benzene rings is 4. The lowest BCUT2D eigenvalue weighted by molar-refractivity contribution is -0.120. The lowest BCUT2D eigenvalue weighted by Crippen LogP contribution is -2.16. The molecule has 0 bridgehead atoms. The number of carbonyl (C=O) groups excluding carboxylic acids is 1. The van der Waals surface area contributed by atoms with Crippen LogP contribution in [0.25, 0.3) is 10.8 Å². The van der Waals surface area contributed by atoms with E-state index in [0.717, 1.165) is 21.0 Å². The summed E-state index contributed by atoms with van der Waals surface area (Å²) >= 11 is 3.56. The summed E-state index contributed by atoms with van der Waals surface area (Å²) in [5, 5.41) is 8.94. The van der Waals surface area contributed by atoms with Gasteiger partial charge in [0.2, 0.25) is 0 Å². The van der Waals surface area contributed by atoms with Crippen LogP contribution < -0.4 is 14.8 Å². The minimum absolute atomic E-state index is 0.198. The molecule has 172 valence electrons. The summed E-state index contributed by atoms with van der Waals surface area (Å²) in [5.74, 6) is 0.855. The number of oxime groups is 1. The highest BCUT2D eigenvalue weighted by Gasteiger charge is 2.12. The van der Waals surface area contributed by atoms with Crippen LogP contribution in [0.2, 0.25) is 0 Å². The first-order valence-corrected chi connectivity index (χ1v) is 11.4. The third kappa shape index (κ3) is 5.94. The number of halogens is 1. The van der Waals surface area contributed by atoms with Crippen molar-refractivity contribution in [2.24, 2.45) is 5.16 Å². The number of nitrogens with zero attached hydrogens (tertiary/aromatic N) is 1. The second-order valence-electron chi connectivity index (χ2n) is 7.38. The monoisotopic (exact) mass is 518 g/mol. The molecule has 0 fully saturated rings. The van der Waals surface area contributed by atoms with E-state index in [1.165, 1.54) is 11.6 Å². The standard InChI is InChI=1S/C27H23BrN2O4/c1-32-25-15-19(16-29-34-18-26(31)30-22-11-3-2-4-12-22)14-24(28)27(25)33-17-21-10-7-9-20-8-5-6-13-23(20)21/h2-16H,17-18H2,1H3,(H,30,31)/b29-16+. The van der Waals surface area contributed by atoms with Crippen molar-refractivity contribution in [1.82, 2.24) is 0 Å². The summed E-state index contributed by atoms with van der Waals surface area (Å²) in [4.78, 5) is 17.1. The van der Waals surface area contributed by atoms with Crippen LogP contribution >= 0.6 is 15.9 Å². The lowest BCUT2D eigenvalue weighted by Gasteiger charge is -2.14. The van der Waals surface area contributed by atoms with Crippen molar-refractivity contribution >= 4 is 44.5 Å². The van der Waals surface area contributed by atoms with Gasteiger partial charge in [0.25, 0.3) is 5.91 Å². The van der Waals surface area contributed by atoms with E-state index in [0.29, 0.717) is 23.8 Å². The molecular weight excluding hydrogens is 496 g/mol. The number of nitrogens with one attached hydrogen (secondary N) is 1. The number of hydrogen-bond acceptors (Lipinski definition) is 5. The zero-order chi connectivity index (χ0) is 23.8. The molecule has 1 N–H and O–H groups in total. The SMILES string of the molecule is COc1cc(/C=N/OCC(=O)Nc2ccccc2)cc(Br)c1OCc1cccc2ccccc12. The fraction of sp³-hybridized carbons (Fsp3) is 0.111. The maximum absolute atomic E-state index is 11.9. The summed E-state index contributed by atoms with van der Waals surface area (Å²) < 4.78 is 12.4. The molecule has 0 saturated heterocycles. The molecular formula is C27H23BrN2O4. The van der Waals surface area contributed by atoms with Crippen LogP contribution in [0.4, 0.5) is 5.69 Å². The third-order valence-corrected chi connectivity index (χ3v) is 5.62. The topological polar surface area (TPSA) is 69.2 Å². The maximum atomic E-state index is 11.9. The normalized spacial score (nSPS) is 10.9. The molecule has 7 heteroatoms. The van der Waals surface area contributed by atoms with Gasteiger partial charge < -0.3 is 19.6 Å². The van der Waals surface area contributed by atoms with Crippen molar-refractivity contribution in [3.63, 3.8) is 0 Å². The third-order valence-electron chi connectivity index (χ3n) is 5.03. The van der Waals surface area contributed by atoms with Gasteiger partial charge in [0.1, 0.15) is 6.61 Å². The molecule has 0 aliphatic rings. The summed E-state index contributed by atoms with van der Waals surface area (Å²) in [6.07, 6.45) is 1.51. The van der Waals surface area contributed by atoms with E-state index in [9.17, 15) is 4.79 Å². The molecule has 4 rings (SSSR count). The van der Waals surface area contributed by atoms with Gasteiger partial charge in [-0.1, -0.05) is 65.8 Å². The second-order valence-corrected chi connectivity index (χ2v) is 8.24. The Morgan fingerprint density at radius 2 is 1.76 bits per heavy atom. The molecule has 0 aliphatic carbocycles. The van der Waals surface area contributed by atoms with Crippen LogP contribution in [0.3, 0.4) is 0 Å². The number of carbonyl (C=O) groups is 1. The van der Waals surface area contributed by atoms with Crippen LogP contribution in [0.15, 0.2) is 94.6 Å². The van der Waals surface area contributed by atoms with Crippen LogP contribution in [0, 0.1) is 0 Å². The van der Waals surface area contributed by atoms with Gasteiger partial charge in [0.05, 0.1) is 17.8 Å². The van der Waals surface area contributed by atoms with Gasteiger partial charge in [-0.2, -0.15) is 0 Å². The van der Waals surface area contributed by atoms with E-state index in [-0.39, 0.29) is 12.5 Å².